The second kappa shape index (κ2) is 9.63. The number of hydrogen-bond acceptors (Lipinski definition) is 4. The second-order valence-electron chi connectivity index (χ2n) is 7.38. The van der Waals surface area contributed by atoms with E-state index in [0.29, 0.717) is 6.54 Å². The summed E-state index contributed by atoms with van der Waals surface area (Å²) in [6, 6.07) is 8.03. The molecule has 2 aromatic rings. The van der Waals surface area contributed by atoms with E-state index in [1.807, 2.05) is 29.2 Å². The maximum absolute atomic E-state index is 12.9. The molecule has 1 fully saturated rings. The molecule has 2 aliphatic rings. The molecule has 1 saturated carbocycles. The molecule has 3 N–H and O–H groups in total. The normalized spacial score (nSPS) is 21.1. The van der Waals surface area contributed by atoms with Crippen LogP contribution in [0.25, 0.3) is 11.4 Å². The molecule has 0 spiro atoms. The molecule has 2 heterocycles. The number of carbonyl (C=O) groups excluding carboxylic acids is 1. The molecule has 2 atom stereocenters. The van der Waals surface area contributed by atoms with Crippen molar-refractivity contribution in [3.8, 4) is 17.1 Å². The van der Waals surface area contributed by atoms with Crippen molar-refractivity contribution >= 4 is 30.7 Å². The molecular weight excluding hydrogens is 399 g/mol. The van der Waals surface area contributed by atoms with Crippen molar-refractivity contribution in [3.05, 3.63) is 35.7 Å². The van der Waals surface area contributed by atoms with Crippen LogP contribution < -0.4 is 10.5 Å². The highest BCUT2D eigenvalue weighted by molar-refractivity contribution is 5.85. The van der Waals surface area contributed by atoms with Crippen LogP contribution in [0.5, 0.6) is 5.75 Å². The van der Waals surface area contributed by atoms with E-state index in [4.69, 9.17) is 15.5 Å². The first kappa shape index (κ1) is 22.5. The van der Waals surface area contributed by atoms with Gasteiger partial charge in [0.05, 0.1) is 25.0 Å². The molecule has 4 rings (SSSR count). The quantitative estimate of drug-likeness (QED) is 0.787. The minimum Gasteiger partial charge on any atom is -0.497 e. The van der Waals surface area contributed by atoms with Gasteiger partial charge >= 0.3 is 0 Å². The molecule has 8 heteroatoms. The number of halogens is 2. The lowest BCUT2D eigenvalue weighted by atomic mass is 9.85. The summed E-state index contributed by atoms with van der Waals surface area (Å²) >= 11 is 0. The van der Waals surface area contributed by atoms with Gasteiger partial charge in [0, 0.05) is 30.5 Å². The Morgan fingerprint density at radius 1 is 1.32 bits per heavy atom. The summed E-state index contributed by atoms with van der Waals surface area (Å²) in [4.78, 5) is 23.0. The summed E-state index contributed by atoms with van der Waals surface area (Å²) in [6.45, 7) is 1.34. The monoisotopic (exact) mass is 426 g/mol. The first-order valence-electron chi connectivity index (χ1n) is 9.40. The molecule has 0 unspecified atom stereocenters. The van der Waals surface area contributed by atoms with Crippen LogP contribution in [0.1, 0.15) is 37.1 Å². The Morgan fingerprint density at radius 3 is 2.89 bits per heavy atom. The van der Waals surface area contributed by atoms with Crippen molar-refractivity contribution in [1.82, 2.24) is 14.9 Å². The van der Waals surface area contributed by atoms with Crippen LogP contribution in [-0.2, 0) is 17.8 Å². The summed E-state index contributed by atoms with van der Waals surface area (Å²) in [6.07, 6.45) is 4.67. The van der Waals surface area contributed by atoms with E-state index in [2.05, 4.69) is 4.98 Å². The van der Waals surface area contributed by atoms with Crippen LogP contribution in [0.4, 0.5) is 0 Å². The van der Waals surface area contributed by atoms with Gasteiger partial charge in [-0.15, -0.1) is 24.8 Å². The summed E-state index contributed by atoms with van der Waals surface area (Å²) in [5.74, 6) is 1.98. The van der Waals surface area contributed by atoms with Gasteiger partial charge in [0.25, 0.3) is 0 Å². The Bertz CT molecular complexity index is 811. The SMILES string of the molecule is COc1cccc(-c2nc3c([nH]2)CN(C(=O)[C@@H]2CCC[C@H](N)C2)CC3)c1.Cl.Cl. The maximum Gasteiger partial charge on any atom is 0.226 e. The number of nitrogens with one attached hydrogen (secondary N) is 1. The number of methoxy groups -OCH3 is 1. The Balaban J connectivity index is 0.00000140. The van der Waals surface area contributed by atoms with Gasteiger partial charge < -0.3 is 20.4 Å². The maximum atomic E-state index is 12.9. The Labute approximate surface area is 178 Å². The third-order valence-electron chi connectivity index (χ3n) is 5.55. The minimum absolute atomic E-state index is 0. The van der Waals surface area contributed by atoms with E-state index >= 15 is 0 Å². The Hall–Kier alpha value is -1.76. The highest BCUT2D eigenvalue weighted by Gasteiger charge is 2.31. The highest BCUT2D eigenvalue weighted by atomic mass is 35.5. The number of imidazole rings is 1. The predicted octanol–water partition coefficient (Wildman–Crippen LogP) is 3.33. The number of benzene rings is 1. The standard InChI is InChI=1S/C20H26N4O2.2ClH/c1-26-16-7-3-4-13(11-16)19-22-17-8-9-24(12-18(17)23-19)20(25)14-5-2-6-15(21)10-14;;/h3-4,7,11,14-15H,2,5-6,8-10,12,21H2,1H3,(H,22,23);2*1H/t14-,15+;;/m1../s1. The molecule has 1 amide bonds. The molecule has 1 aromatic carbocycles. The summed E-state index contributed by atoms with van der Waals surface area (Å²) in [5, 5.41) is 0. The lowest BCUT2D eigenvalue weighted by Gasteiger charge is -2.33. The third-order valence-corrected chi connectivity index (χ3v) is 5.55. The predicted molar refractivity (Wildman–Crippen MR) is 114 cm³/mol. The Kier molecular flexibility index (Phi) is 7.75. The minimum atomic E-state index is 0. The van der Waals surface area contributed by atoms with Crippen LogP contribution in [0.15, 0.2) is 24.3 Å². The Morgan fingerprint density at radius 2 is 2.14 bits per heavy atom. The molecule has 1 aliphatic carbocycles. The van der Waals surface area contributed by atoms with Gasteiger partial charge in [0.15, 0.2) is 0 Å². The van der Waals surface area contributed by atoms with Gasteiger partial charge in [0.2, 0.25) is 5.91 Å². The molecule has 6 nitrogen and oxygen atoms in total. The van der Waals surface area contributed by atoms with Gasteiger partial charge in [-0.3, -0.25) is 4.79 Å². The van der Waals surface area contributed by atoms with Crippen molar-refractivity contribution in [3.63, 3.8) is 0 Å². The van der Waals surface area contributed by atoms with Gasteiger partial charge in [-0.1, -0.05) is 18.6 Å². The fourth-order valence-electron chi connectivity index (χ4n) is 4.10. The average molecular weight is 427 g/mol. The number of hydrogen-bond donors (Lipinski definition) is 2. The van der Waals surface area contributed by atoms with Crippen LogP contribution in [0, 0.1) is 5.92 Å². The number of carbonyl (C=O) groups is 1. The fraction of sp³-hybridized carbons (Fsp3) is 0.500. The van der Waals surface area contributed by atoms with Crippen molar-refractivity contribution in [2.75, 3.05) is 13.7 Å². The number of amides is 1. The van der Waals surface area contributed by atoms with E-state index in [1.54, 1.807) is 7.11 Å². The number of aromatic amines is 1. The van der Waals surface area contributed by atoms with Crippen LogP contribution >= 0.6 is 24.8 Å². The summed E-state index contributed by atoms with van der Waals surface area (Å²) in [7, 11) is 1.66. The van der Waals surface area contributed by atoms with Crippen molar-refractivity contribution in [1.29, 1.82) is 0 Å². The van der Waals surface area contributed by atoms with Crippen LogP contribution in [-0.4, -0.2) is 40.5 Å². The van der Waals surface area contributed by atoms with E-state index in [0.717, 1.165) is 67.2 Å². The van der Waals surface area contributed by atoms with E-state index in [1.165, 1.54) is 0 Å². The van der Waals surface area contributed by atoms with E-state index in [9.17, 15) is 4.79 Å². The lowest BCUT2D eigenvalue weighted by Crippen LogP contribution is -2.43. The summed E-state index contributed by atoms with van der Waals surface area (Å²) < 4.78 is 5.30. The third kappa shape index (κ3) is 4.62. The number of nitrogens with two attached hydrogens (primary N) is 1. The zero-order valence-electron chi connectivity index (χ0n) is 16.0. The molecule has 0 radical (unpaired) electrons. The average Bonchev–Trinajstić information content (AvgIpc) is 3.11. The van der Waals surface area contributed by atoms with E-state index in [-0.39, 0.29) is 42.7 Å². The van der Waals surface area contributed by atoms with Gasteiger partial charge in [-0.25, -0.2) is 4.98 Å². The van der Waals surface area contributed by atoms with Crippen molar-refractivity contribution in [2.45, 2.75) is 44.7 Å². The van der Waals surface area contributed by atoms with Gasteiger partial charge in [0.1, 0.15) is 11.6 Å². The smallest absolute Gasteiger partial charge is 0.226 e. The molecule has 1 aliphatic heterocycles. The zero-order valence-corrected chi connectivity index (χ0v) is 17.7. The van der Waals surface area contributed by atoms with Gasteiger partial charge in [-0.2, -0.15) is 0 Å². The van der Waals surface area contributed by atoms with Crippen LogP contribution in [0.2, 0.25) is 0 Å². The molecule has 154 valence electrons. The van der Waals surface area contributed by atoms with Crippen LogP contribution in [0.3, 0.4) is 0 Å². The topological polar surface area (TPSA) is 84.2 Å². The number of rotatable bonds is 3. The number of aromatic nitrogens is 2. The molecule has 0 saturated heterocycles. The summed E-state index contributed by atoms with van der Waals surface area (Å²) in [5.41, 5.74) is 9.16. The molecule has 1 aromatic heterocycles. The largest absolute Gasteiger partial charge is 0.497 e. The second-order valence-corrected chi connectivity index (χ2v) is 7.38. The first-order valence-corrected chi connectivity index (χ1v) is 9.40. The fourth-order valence-corrected chi connectivity index (χ4v) is 4.10. The van der Waals surface area contributed by atoms with Gasteiger partial charge in [-0.05, 0) is 31.4 Å². The van der Waals surface area contributed by atoms with Crippen molar-refractivity contribution < 1.29 is 9.53 Å². The zero-order chi connectivity index (χ0) is 18.1. The highest BCUT2D eigenvalue weighted by Crippen LogP contribution is 2.29. The number of fused-ring (bicyclic) bond motifs is 1. The van der Waals surface area contributed by atoms with Crippen molar-refractivity contribution in [2.24, 2.45) is 11.7 Å². The number of nitrogens with zero attached hydrogens (tertiary/aromatic N) is 2. The number of ether oxygens (including phenoxy) is 1. The van der Waals surface area contributed by atoms with E-state index < -0.39 is 0 Å². The number of H-pyrrole nitrogens is 1. The first-order chi connectivity index (χ1) is 12.6. The lowest BCUT2D eigenvalue weighted by molar-refractivity contribution is -0.137. The molecule has 0 bridgehead atoms. The molecular formula is C20H28Cl2N4O2. The molecule has 28 heavy (non-hydrogen) atoms.